The van der Waals surface area contributed by atoms with E-state index in [0.29, 0.717) is 23.7 Å². The summed E-state index contributed by atoms with van der Waals surface area (Å²) < 4.78 is 97.8. The summed E-state index contributed by atoms with van der Waals surface area (Å²) in [5, 5.41) is 10.2. The fourth-order valence-electron chi connectivity index (χ4n) is 5.50. The highest BCUT2D eigenvalue weighted by Gasteiger charge is 2.44. The van der Waals surface area contributed by atoms with E-state index in [1.165, 1.54) is 36.9 Å². The van der Waals surface area contributed by atoms with E-state index in [1.807, 2.05) is 0 Å². The van der Waals surface area contributed by atoms with Crippen LogP contribution in [0.15, 0.2) is 59.1 Å². The average molecular weight is 762 g/mol. The lowest BCUT2D eigenvalue weighted by atomic mass is 9.90. The number of benzene rings is 2. The number of halogens is 4. The van der Waals surface area contributed by atoms with E-state index < -0.39 is 68.1 Å². The number of aromatic nitrogens is 3. The van der Waals surface area contributed by atoms with Crippen LogP contribution in [-0.4, -0.2) is 59.6 Å². The van der Waals surface area contributed by atoms with Crippen LogP contribution in [0, 0.1) is 5.82 Å². The molecule has 2 aromatic carbocycles. The fraction of sp³-hybridized carbons (Fsp3) is 0.417. The summed E-state index contributed by atoms with van der Waals surface area (Å²) >= 11 is 0. The zero-order valence-corrected chi connectivity index (χ0v) is 31.1. The van der Waals surface area contributed by atoms with Crippen LogP contribution in [0.25, 0.3) is 22.7 Å². The minimum atomic E-state index is -3.75. The molecule has 284 valence electrons. The van der Waals surface area contributed by atoms with Crippen molar-refractivity contribution < 1.29 is 49.5 Å². The Morgan fingerprint density at radius 1 is 1.06 bits per heavy atom. The number of carbonyl (C=O) groups is 2. The topological polar surface area (TPSA) is 154 Å². The van der Waals surface area contributed by atoms with Crippen molar-refractivity contribution in [2.45, 2.75) is 89.6 Å². The normalized spacial score (nSPS) is 18.3. The number of amides is 2. The number of sulfone groups is 1. The summed E-state index contributed by atoms with van der Waals surface area (Å²) in [6.45, 7) is 9.13. The molecule has 1 aliphatic heterocycles. The van der Waals surface area contributed by atoms with Crippen LogP contribution in [0.3, 0.4) is 0 Å². The van der Waals surface area contributed by atoms with Gasteiger partial charge in [0.1, 0.15) is 33.6 Å². The second kappa shape index (κ2) is 13.7. The highest BCUT2D eigenvalue weighted by molar-refractivity contribution is 7.91. The maximum Gasteiger partial charge on any atom is 0.408 e. The van der Waals surface area contributed by atoms with Crippen LogP contribution < -0.4 is 15.0 Å². The number of alkyl carbamates (subject to hydrolysis) is 1. The van der Waals surface area contributed by atoms with Gasteiger partial charge in [0, 0.05) is 30.7 Å². The Bertz CT molecular complexity index is 2130. The molecule has 0 radical (unpaired) electrons. The van der Waals surface area contributed by atoms with Gasteiger partial charge in [0.05, 0.1) is 29.7 Å². The molecule has 0 saturated heterocycles. The third kappa shape index (κ3) is 8.77. The molecule has 0 saturated carbocycles. The lowest BCUT2D eigenvalue weighted by Crippen LogP contribution is -2.50. The average Bonchev–Trinajstić information content (AvgIpc) is 3.50. The van der Waals surface area contributed by atoms with E-state index in [-0.39, 0.29) is 35.0 Å². The second-order valence-corrected chi connectivity index (χ2v) is 17.1. The van der Waals surface area contributed by atoms with E-state index in [0.717, 1.165) is 25.4 Å². The summed E-state index contributed by atoms with van der Waals surface area (Å²) in [6, 6.07) is 10.1. The third-order valence-electron chi connectivity index (χ3n) is 8.50. The quantitative estimate of drug-likeness (QED) is 0.173. The molecule has 0 spiro atoms. The number of hydrogen-bond acceptors (Lipinski definition) is 10. The number of ether oxygens (including phenoxy) is 2. The molecule has 2 atom stereocenters. The van der Waals surface area contributed by atoms with Crippen molar-refractivity contribution in [2.75, 3.05) is 11.2 Å². The molecule has 0 fully saturated rings. The van der Waals surface area contributed by atoms with Crippen molar-refractivity contribution in [3.05, 3.63) is 77.6 Å². The third-order valence-corrected chi connectivity index (χ3v) is 10.5. The number of fused-ring (bicyclic) bond motifs is 1. The van der Waals surface area contributed by atoms with Gasteiger partial charge in [-0.3, -0.25) is 9.78 Å². The van der Waals surface area contributed by atoms with E-state index in [4.69, 9.17) is 9.15 Å². The number of nitrogens with zero attached hydrogens (tertiary/aromatic N) is 4. The zero-order valence-electron chi connectivity index (χ0n) is 30.3. The van der Waals surface area contributed by atoms with E-state index in [9.17, 15) is 26.8 Å². The molecule has 3 heterocycles. The molecule has 0 aliphatic carbocycles. The van der Waals surface area contributed by atoms with Gasteiger partial charge >= 0.3 is 12.2 Å². The SMILES string of the molecule is CC(C)(C)OC(=O)N[C@@H]1CC(C)(F)c2cc(F)c(-c3nnc(C(C)(C)S(C)(=O)=O)o3)cc2N(Cc2ccc(-c3ccc(OC(C)(F)F)cn3)cc2)C1=O. The summed E-state index contributed by atoms with van der Waals surface area (Å²) in [5.41, 5.74) is -2.35. The minimum absolute atomic E-state index is 0.0685. The van der Waals surface area contributed by atoms with E-state index in [1.54, 1.807) is 45.0 Å². The van der Waals surface area contributed by atoms with Crippen LogP contribution in [0.5, 0.6) is 5.75 Å². The highest BCUT2D eigenvalue weighted by atomic mass is 32.2. The maximum atomic E-state index is 16.7. The van der Waals surface area contributed by atoms with Gasteiger partial charge in [-0.25, -0.2) is 22.0 Å². The van der Waals surface area contributed by atoms with E-state index >= 15 is 8.78 Å². The predicted octanol–water partition coefficient (Wildman–Crippen LogP) is 7.22. The minimum Gasteiger partial charge on any atom is -0.444 e. The molecule has 0 bridgehead atoms. The van der Waals surface area contributed by atoms with Crippen LogP contribution in [0.2, 0.25) is 0 Å². The number of rotatable bonds is 9. The van der Waals surface area contributed by atoms with Crippen molar-refractivity contribution in [3.63, 3.8) is 0 Å². The Labute approximate surface area is 303 Å². The van der Waals surface area contributed by atoms with Crippen molar-refractivity contribution in [1.29, 1.82) is 0 Å². The molecule has 17 heteroatoms. The molecule has 1 unspecified atom stereocenters. The molecular formula is C36H39F4N5O7S. The first kappa shape index (κ1) is 39.2. The molecule has 5 rings (SSSR count). The Hall–Kier alpha value is -5.06. The van der Waals surface area contributed by atoms with Gasteiger partial charge < -0.3 is 24.1 Å². The monoisotopic (exact) mass is 761 g/mol. The number of alkyl halides is 3. The Kier molecular flexibility index (Phi) is 10.1. The molecule has 2 aromatic heterocycles. The number of carbonyl (C=O) groups excluding carboxylic acids is 2. The standard InChI is InChI=1S/C36H39F4N5O7S/c1-33(2,3)52-32(47)42-27-17-35(6,38)24-16-25(37)23(29-43-44-31(50-29)34(4,5)53(8,48)49)15-28(24)45(30(27)46)19-20-9-11-21(12-10-20)26-14-13-22(18-41-26)51-36(7,39)40/h9-16,18,27H,17,19H2,1-8H3,(H,42,47)/t27-,35?/m1/s1. The summed E-state index contributed by atoms with van der Waals surface area (Å²) in [5.74, 6) is -2.57. The van der Waals surface area contributed by atoms with Gasteiger partial charge in [-0.2, -0.15) is 8.78 Å². The Balaban J connectivity index is 1.56. The molecule has 1 N–H and O–H groups in total. The second-order valence-electron chi connectivity index (χ2n) is 14.6. The molecule has 4 aromatic rings. The lowest BCUT2D eigenvalue weighted by Gasteiger charge is -2.27. The van der Waals surface area contributed by atoms with Gasteiger partial charge in [-0.05, 0) is 71.4 Å². The molecular weight excluding hydrogens is 722 g/mol. The first-order chi connectivity index (χ1) is 24.3. The summed E-state index contributed by atoms with van der Waals surface area (Å²) in [7, 11) is -3.75. The highest BCUT2D eigenvalue weighted by Crippen LogP contribution is 2.44. The fourth-order valence-corrected chi connectivity index (χ4v) is 5.90. The molecule has 2 amide bonds. The summed E-state index contributed by atoms with van der Waals surface area (Å²) in [4.78, 5) is 32.5. The molecule has 12 nitrogen and oxygen atoms in total. The van der Waals surface area contributed by atoms with Gasteiger partial charge in [-0.1, -0.05) is 24.3 Å². The van der Waals surface area contributed by atoms with Crippen LogP contribution >= 0.6 is 0 Å². The summed E-state index contributed by atoms with van der Waals surface area (Å²) in [6.07, 6.45) is -2.78. The van der Waals surface area contributed by atoms with Crippen molar-refractivity contribution in [1.82, 2.24) is 20.5 Å². The first-order valence-electron chi connectivity index (χ1n) is 16.3. The van der Waals surface area contributed by atoms with Crippen LogP contribution in [0.4, 0.5) is 28.0 Å². The molecule has 53 heavy (non-hydrogen) atoms. The predicted molar refractivity (Wildman–Crippen MR) is 186 cm³/mol. The van der Waals surface area contributed by atoms with Gasteiger partial charge in [0.25, 0.3) is 5.89 Å². The maximum absolute atomic E-state index is 16.7. The van der Waals surface area contributed by atoms with Crippen molar-refractivity contribution >= 4 is 27.5 Å². The number of pyridine rings is 1. The van der Waals surface area contributed by atoms with Gasteiger partial charge in [0.15, 0.2) is 9.84 Å². The first-order valence-corrected chi connectivity index (χ1v) is 18.2. The lowest BCUT2D eigenvalue weighted by molar-refractivity contribution is -0.159. The molecule has 1 aliphatic rings. The van der Waals surface area contributed by atoms with E-state index in [2.05, 4.69) is 25.2 Å². The Morgan fingerprint density at radius 3 is 2.28 bits per heavy atom. The van der Waals surface area contributed by atoms with Crippen molar-refractivity contribution in [2.24, 2.45) is 0 Å². The smallest absolute Gasteiger partial charge is 0.408 e. The number of anilines is 1. The van der Waals surface area contributed by atoms with Crippen LogP contribution in [-0.2, 0) is 36.3 Å². The van der Waals surface area contributed by atoms with Gasteiger partial charge in [-0.15, -0.1) is 10.2 Å². The van der Waals surface area contributed by atoms with Gasteiger partial charge in [0.2, 0.25) is 11.8 Å². The van der Waals surface area contributed by atoms with Crippen LogP contribution in [0.1, 0.15) is 71.9 Å². The Morgan fingerprint density at radius 2 is 1.72 bits per heavy atom. The largest absolute Gasteiger partial charge is 0.444 e. The zero-order chi connectivity index (χ0) is 39.3. The number of nitrogens with one attached hydrogen (secondary N) is 1. The number of hydrogen-bond donors (Lipinski definition) is 1. The van der Waals surface area contributed by atoms with Crippen molar-refractivity contribution in [3.8, 4) is 28.5 Å².